The largest absolute Gasteiger partial charge is 0.387 e. The van der Waals surface area contributed by atoms with E-state index < -0.39 is 11.0 Å². The highest BCUT2D eigenvalue weighted by molar-refractivity contribution is 5.33. The van der Waals surface area contributed by atoms with Crippen LogP contribution in [-0.4, -0.2) is 19.6 Å². The van der Waals surface area contributed by atoms with Gasteiger partial charge < -0.3 is 9.67 Å². The van der Waals surface area contributed by atoms with E-state index in [1.807, 2.05) is 24.6 Å². The van der Waals surface area contributed by atoms with Crippen molar-refractivity contribution in [2.24, 2.45) is 0 Å². The molecule has 106 valence electrons. The van der Waals surface area contributed by atoms with E-state index in [2.05, 4.69) is 4.98 Å². The first kappa shape index (κ1) is 14.2. The molecule has 0 bridgehead atoms. The monoisotopic (exact) mass is 275 g/mol. The Morgan fingerprint density at radius 3 is 2.55 bits per heavy atom. The van der Waals surface area contributed by atoms with Crippen LogP contribution in [0.4, 0.5) is 5.69 Å². The maximum Gasteiger partial charge on any atom is 0.269 e. The topological polar surface area (TPSA) is 81.2 Å². The van der Waals surface area contributed by atoms with Crippen molar-refractivity contribution in [2.45, 2.75) is 32.4 Å². The van der Waals surface area contributed by atoms with Crippen molar-refractivity contribution in [3.63, 3.8) is 0 Å². The van der Waals surface area contributed by atoms with Crippen LogP contribution in [0.2, 0.25) is 0 Å². The Labute approximate surface area is 116 Å². The molecule has 0 aliphatic rings. The van der Waals surface area contributed by atoms with Crippen molar-refractivity contribution in [3.8, 4) is 0 Å². The standard InChI is InChI=1S/C14H17N3O3/c1-10(2)14-15-7-8-16(14)9-13(18)11-3-5-12(6-4-11)17(19)20/h3-8,10,13,18H,9H2,1-2H3/t13-/m0/s1. The summed E-state index contributed by atoms with van der Waals surface area (Å²) < 4.78 is 1.90. The van der Waals surface area contributed by atoms with E-state index in [0.717, 1.165) is 5.82 Å². The Morgan fingerprint density at radius 2 is 2.00 bits per heavy atom. The number of aliphatic hydroxyl groups excluding tert-OH is 1. The third kappa shape index (κ3) is 3.03. The van der Waals surface area contributed by atoms with E-state index in [1.165, 1.54) is 12.1 Å². The lowest BCUT2D eigenvalue weighted by atomic mass is 10.1. The summed E-state index contributed by atoms with van der Waals surface area (Å²) in [6, 6.07) is 5.95. The van der Waals surface area contributed by atoms with Gasteiger partial charge in [-0.2, -0.15) is 0 Å². The lowest BCUT2D eigenvalue weighted by Gasteiger charge is -2.15. The molecule has 6 nitrogen and oxygen atoms in total. The van der Waals surface area contributed by atoms with Gasteiger partial charge in [-0.1, -0.05) is 13.8 Å². The van der Waals surface area contributed by atoms with Crippen molar-refractivity contribution in [1.82, 2.24) is 9.55 Å². The number of benzene rings is 1. The summed E-state index contributed by atoms with van der Waals surface area (Å²) in [7, 11) is 0. The number of aliphatic hydroxyl groups is 1. The molecule has 1 N–H and O–H groups in total. The summed E-state index contributed by atoms with van der Waals surface area (Å²) in [5.41, 5.74) is 0.672. The minimum atomic E-state index is -0.720. The van der Waals surface area contributed by atoms with Gasteiger partial charge in [-0.15, -0.1) is 0 Å². The van der Waals surface area contributed by atoms with Crippen LogP contribution >= 0.6 is 0 Å². The van der Waals surface area contributed by atoms with Crippen molar-refractivity contribution in [2.75, 3.05) is 0 Å². The third-order valence-electron chi connectivity index (χ3n) is 3.12. The first-order chi connectivity index (χ1) is 9.49. The minimum absolute atomic E-state index is 0.0199. The van der Waals surface area contributed by atoms with Crippen molar-refractivity contribution in [3.05, 3.63) is 58.2 Å². The van der Waals surface area contributed by atoms with Crippen molar-refractivity contribution < 1.29 is 10.0 Å². The second kappa shape index (κ2) is 5.83. The molecule has 6 heteroatoms. The average Bonchev–Trinajstić information content (AvgIpc) is 2.87. The molecule has 0 saturated heterocycles. The normalized spacial score (nSPS) is 12.6. The molecule has 0 saturated carbocycles. The first-order valence-corrected chi connectivity index (χ1v) is 6.42. The highest BCUT2D eigenvalue weighted by Crippen LogP contribution is 2.21. The molecule has 0 spiro atoms. The van der Waals surface area contributed by atoms with E-state index in [-0.39, 0.29) is 11.6 Å². The summed E-state index contributed by atoms with van der Waals surface area (Å²) >= 11 is 0. The van der Waals surface area contributed by atoms with Crippen LogP contribution in [0.25, 0.3) is 0 Å². The summed E-state index contributed by atoms with van der Waals surface area (Å²) in [4.78, 5) is 14.4. The number of hydrogen-bond donors (Lipinski definition) is 1. The van der Waals surface area contributed by atoms with Gasteiger partial charge in [0.1, 0.15) is 5.82 Å². The fourth-order valence-electron chi connectivity index (χ4n) is 2.09. The zero-order valence-electron chi connectivity index (χ0n) is 11.4. The van der Waals surface area contributed by atoms with Crippen LogP contribution in [0.3, 0.4) is 0 Å². The van der Waals surface area contributed by atoms with Crippen molar-refractivity contribution >= 4 is 5.69 Å². The third-order valence-corrected chi connectivity index (χ3v) is 3.12. The van der Waals surface area contributed by atoms with Gasteiger partial charge in [-0.3, -0.25) is 10.1 Å². The highest BCUT2D eigenvalue weighted by Gasteiger charge is 2.14. The number of rotatable bonds is 5. The van der Waals surface area contributed by atoms with Gasteiger partial charge in [0.25, 0.3) is 5.69 Å². The Morgan fingerprint density at radius 1 is 1.35 bits per heavy atom. The molecule has 2 aromatic rings. The maximum atomic E-state index is 10.6. The lowest BCUT2D eigenvalue weighted by Crippen LogP contribution is -2.12. The molecule has 1 aromatic heterocycles. The highest BCUT2D eigenvalue weighted by atomic mass is 16.6. The first-order valence-electron chi connectivity index (χ1n) is 6.42. The smallest absolute Gasteiger partial charge is 0.269 e. The summed E-state index contributed by atoms with van der Waals surface area (Å²) in [5.74, 6) is 1.18. The Kier molecular flexibility index (Phi) is 4.14. The molecule has 20 heavy (non-hydrogen) atoms. The molecule has 0 aliphatic carbocycles. The Hall–Kier alpha value is -2.21. The predicted molar refractivity (Wildman–Crippen MR) is 74.4 cm³/mol. The Balaban J connectivity index is 2.13. The SMILES string of the molecule is CC(C)c1nccn1C[C@H](O)c1ccc([N+](=O)[O-])cc1. The minimum Gasteiger partial charge on any atom is -0.387 e. The molecule has 1 aromatic carbocycles. The van der Waals surface area contributed by atoms with E-state index in [9.17, 15) is 15.2 Å². The zero-order chi connectivity index (χ0) is 14.7. The number of aromatic nitrogens is 2. The van der Waals surface area contributed by atoms with Gasteiger partial charge in [-0.05, 0) is 17.7 Å². The van der Waals surface area contributed by atoms with Gasteiger partial charge in [0.15, 0.2) is 0 Å². The van der Waals surface area contributed by atoms with Gasteiger partial charge in [0.05, 0.1) is 17.6 Å². The van der Waals surface area contributed by atoms with Gasteiger partial charge in [-0.25, -0.2) is 4.98 Å². The van der Waals surface area contributed by atoms with Crippen molar-refractivity contribution in [1.29, 1.82) is 0 Å². The van der Waals surface area contributed by atoms with Crippen LogP contribution in [0, 0.1) is 10.1 Å². The number of nitro groups is 1. The number of imidazole rings is 1. The summed E-state index contributed by atoms with van der Waals surface area (Å²) in [6.07, 6.45) is 2.81. The fourth-order valence-corrected chi connectivity index (χ4v) is 2.09. The zero-order valence-corrected chi connectivity index (χ0v) is 11.4. The molecular formula is C14H17N3O3. The fraction of sp³-hybridized carbons (Fsp3) is 0.357. The predicted octanol–water partition coefficient (Wildman–Crippen LogP) is 2.65. The van der Waals surface area contributed by atoms with Crippen LogP contribution in [0.15, 0.2) is 36.7 Å². The molecule has 1 atom stereocenters. The second-order valence-corrected chi connectivity index (χ2v) is 4.96. The molecule has 0 amide bonds. The molecule has 0 fully saturated rings. The van der Waals surface area contributed by atoms with Crippen LogP contribution in [0.1, 0.15) is 37.3 Å². The van der Waals surface area contributed by atoms with E-state index in [0.29, 0.717) is 12.1 Å². The van der Waals surface area contributed by atoms with Crippen LogP contribution in [-0.2, 0) is 6.54 Å². The number of hydrogen-bond acceptors (Lipinski definition) is 4. The number of nitrogens with zero attached hydrogens (tertiary/aromatic N) is 3. The maximum absolute atomic E-state index is 10.6. The lowest BCUT2D eigenvalue weighted by molar-refractivity contribution is -0.384. The van der Waals surface area contributed by atoms with E-state index in [1.54, 1.807) is 18.3 Å². The van der Waals surface area contributed by atoms with Gasteiger partial charge >= 0.3 is 0 Å². The molecule has 0 aliphatic heterocycles. The molecule has 0 unspecified atom stereocenters. The van der Waals surface area contributed by atoms with Crippen LogP contribution < -0.4 is 0 Å². The van der Waals surface area contributed by atoms with Gasteiger partial charge in [0, 0.05) is 30.4 Å². The van der Waals surface area contributed by atoms with Crippen LogP contribution in [0.5, 0.6) is 0 Å². The second-order valence-electron chi connectivity index (χ2n) is 4.96. The summed E-state index contributed by atoms with van der Waals surface area (Å²) in [5, 5.41) is 20.8. The quantitative estimate of drug-likeness (QED) is 0.671. The average molecular weight is 275 g/mol. The Bertz CT molecular complexity index is 590. The molecular weight excluding hydrogens is 258 g/mol. The number of nitro benzene ring substituents is 1. The van der Waals surface area contributed by atoms with E-state index >= 15 is 0 Å². The molecule has 2 rings (SSSR count). The molecule has 0 radical (unpaired) electrons. The number of non-ortho nitro benzene ring substituents is 1. The summed E-state index contributed by atoms with van der Waals surface area (Å²) in [6.45, 7) is 4.46. The van der Waals surface area contributed by atoms with E-state index in [4.69, 9.17) is 0 Å². The van der Waals surface area contributed by atoms with Gasteiger partial charge in [0.2, 0.25) is 0 Å². The molecule has 1 heterocycles.